The number of nitrogens with zero attached hydrogens (tertiary/aromatic N) is 1. The van der Waals surface area contributed by atoms with Gasteiger partial charge < -0.3 is 0 Å². The first-order valence-electron chi connectivity index (χ1n) is 9.29. The lowest BCUT2D eigenvalue weighted by Gasteiger charge is -2.28. The number of alkyl halides is 10. The summed E-state index contributed by atoms with van der Waals surface area (Å²) in [5.74, 6) is 0. The zero-order valence-electron chi connectivity index (χ0n) is 16.9. The van der Waals surface area contributed by atoms with Crippen LogP contribution in [-0.2, 0) is 38.3 Å². The lowest BCUT2D eigenvalue weighted by atomic mass is 10.0. The highest BCUT2D eigenvalue weighted by molar-refractivity contribution is 5.34. The van der Waals surface area contributed by atoms with Crippen LogP contribution in [0.5, 0.6) is 0 Å². The average Bonchev–Trinajstić information content (AvgIpc) is 2.64. The van der Waals surface area contributed by atoms with Gasteiger partial charge in [-0.3, -0.25) is 4.90 Å². The molecule has 0 radical (unpaired) electrons. The Balaban J connectivity index is 2.44. The molecule has 0 aromatic heterocycles. The van der Waals surface area contributed by atoms with Crippen LogP contribution >= 0.6 is 0 Å². The highest BCUT2D eigenvalue weighted by Gasteiger charge is 2.37. The summed E-state index contributed by atoms with van der Waals surface area (Å²) in [7, 11) is 0. The molecule has 2 aromatic carbocycles. The van der Waals surface area contributed by atoms with Crippen LogP contribution in [0, 0.1) is 0 Å². The fourth-order valence-corrected chi connectivity index (χ4v) is 3.10. The van der Waals surface area contributed by atoms with E-state index in [2.05, 4.69) is 0 Å². The summed E-state index contributed by atoms with van der Waals surface area (Å²) >= 11 is 0. The van der Waals surface area contributed by atoms with E-state index in [1.807, 2.05) is 0 Å². The van der Waals surface area contributed by atoms with Gasteiger partial charge in [0.2, 0.25) is 0 Å². The van der Waals surface area contributed by atoms with Crippen LogP contribution in [0.1, 0.15) is 47.2 Å². The van der Waals surface area contributed by atoms with Crippen molar-refractivity contribution in [3.63, 3.8) is 0 Å². The Morgan fingerprint density at radius 2 is 0.938 bits per heavy atom. The van der Waals surface area contributed by atoms with Crippen LogP contribution in [0.25, 0.3) is 0 Å². The third kappa shape index (κ3) is 6.85. The van der Waals surface area contributed by atoms with Crippen LogP contribution in [0.15, 0.2) is 36.4 Å². The second kappa shape index (κ2) is 9.29. The van der Waals surface area contributed by atoms with Gasteiger partial charge in [-0.15, -0.1) is 0 Å². The van der Waals surface area contributed by atoms with Crippen molar-refractivity contribution in [2.75, 3.05) is 0 Å². The van der Waals surface area contributed by atoms with E-state index in [1.54, 1.807) is 13.8 Å². The molecule has 0 aliphatic rings. The zero-order valence-corrected chi connectivity index (χ0v) is 16.9. The summed E-state index contributed by atoms with van der Waals surface area (Å²) in [6.45, 7) is 1.36. The first kappa shape index (κ1) is 26.0. The Hall–Kier alpha value is -2.30. The standard InChI is InChI=1S/C21H19F10N/c1-12(2)32(10-14-3-13(9-22)4-16(5-14)19(23,24)25)11-15-6-17(20(26,27)28)8-18(7-15)21(29,30)31/h3-8,12H,9-11H2,1-2H3. The molecule has 2 rings (SSSR count). The molecule has 0 heterocycles. The molecule has 0 fully saturated rings. The van der Waals surface area contributed by atoms with Crippen LogP contribution < -0.4 is 0 Å². The molecule has 178 valence electrons. The van der Waals surface area contributed by atoms with Gasteiger partial charge >= 0.3 is 18.5 Å². The molecule has 32 heavy (non-hydrogen) atoms. The van der Waals surface area contributed by atoms with Gasteiger partial charge in [-0.25, -0.2) is 4.39 Å². The Bertz CT molecular complexity index is 893. The largest absolute Gasteiger partial charge is 0.416 e. The first-order chi connectivity index (χ1) is 14.5. The maximum absolute atomic E-state index is 13.1. The lowest BCUT2D eigenvalue weighted by Crippen LogP contribution is -2.30. The van der Waals surface area contributed by atoms with Crippen molar-refractivity contribution in [1.29, 1.82) is 0 Å². The molecule has 0 amide bonds. The minimum absolute atomic E-state index is 0.00352. The fraction of sp³-hybridized carbons (Fsp3) is 0.429. The van der Waals surface area contributed by atoms with Gasteiger partial charge in [0.1, 0.15) is 6.67 Å². The van der Waals surface area contributed by atoms with Crippen molar-refractivity contribution >= 4 is 0 Å². The second-order valence-corrected chi connectivity index (χ2v) is 7.58. The molecule has 0 bridgehead atoms. The van der Waals surface area contributed by atoms with Gasteiger partial charge in [-0.1, -0.05) is 6.07 Å². The normalized spacial score (nSPS) is 13.3. The highest BCUT2D eigenvalue weighted by Crippen LogP contribution is 2.37. The van der Waals surface area contributed by atoms with Crippen molar-refractivity contribution in [3.05, 3.63) is 69.8 Å². The molecule has 2 aromatic rings. The highest BCUT2D eigenvalue weighted by atomic mass is 19.4. The predicted octanol–water partition coefficient (Wildman–Crippen LogP) is 7.62. The van der Waals surface area contributed by atoms with Crippen molar-refractivity contribution < 1.29 is 43.9 Å². The molecular formula is C21H19F10N. The number of halogens is 10. The van der Waals surface area contributed by atoms with Crippen molar-refractivity contribution in [1.82, 2.24) is 4.90 Å². The summed E-state index contributed by atoms with van der Waals surface area (Å²) in [5, 5.41) is 0. The molecule has 11 heteroatoms. The Labute approximate surface area is 177 Å². The van der Waals surface area contributed by atoms with Gasteiger partial charge in [0.05, 0.1) is 16.7 Å². The maximum atomic E-state index is 13.1. The molecule has 0 atom stereocenters. The van der Waals surface area contributed by atoms with Crippen molar-refractivity contribution in [3.8, 4) is 0 Å². The van der Waals surface area contributed by atoms with E-state index in [1.165, 1.54) is 11.0 Å². The van der Waals surface area contributed by atoms with Gasteiger partial charge in [0, 0.05) is 19.1 Å². The van der Waals surface area contributed by atoms with E-state index in [4.69, 9.17) is 0 Å². The third-order valence-electron chi connectivity index (χ3n) is 4.68. The van der Waals surface area contributed by atoms with Crippen molar-refractivity contribution in [2.24, 2.45) is 0 Å². The summed E-state index contributed by atoms with van der Waals surface area (Å²) in [6.07, 6.45) is -14.8. The lowest BCUT2D eigenvalue weighted by molar-refractivity contribution is -0.143. The molecule has 1 nitrogen and oxygen atoms in total. The van der Waals surface area contributed by atoms with E-state index in [9.17, 15) is 43.9 Å². The quantitative estimate of drug-likeness (QED) is 0.389. The van der Waals surface area contributed by atoms with Crippen LogP contribution in [0.3, 0.4) is 0 Å². The Morgan fingerprint density at radius 3 is 1.28 bits per heavy atom. The first-order valence-corrected chi connectivity index (χ1v) is 9.29. The minimum atomic E-state index is -5.02. The second-order valence-electron chi connectivity index (χ2n) is 7.58. The topological polar surface area (TPSA) is 3.24 Å². The van der Waals surface area contributed by atoms with Crippen LogP contribution in [0.2, 0.25) is 0 Å². The summed E-state index contributed by atoms with van der Waals surface area (Å²) in [5.41, 5.74) is -4.57. The SMILES string of the molecule is CC(C)N(Cc1cc(CF)cc(C(F)(F)F)c1)Cc1cc(C(F)(F)F)cc(C(F)(F)F)c1. The predicted molar refractivity (Wildman–Crippen MR) is 97.1 cm³/mol. The molecule has 0 saturated carbocycles. The zero-order chi connectivity index (χ0) is 24.5. The van der Waals surface area contributed by atoms with E-state index in [-0.39, 0.29) is 29.3 Å². The van der Waals surface area contributed by atoms with Gasteiger partial charge in [0.15, 0.2) is 0 Å². The Morgan fingerprint density at radius 1 is 0.594 bits per heavy atom. The molecule has 0 saturated heterocycles. The van der Waals surface area contributed by atoms with E-state index in [0.29, 0.717) is 18.2 Å². The van der Waals surface area contributed by atoms with E-state index in [0.717, 1.165) is 6.07 Å². The Kier molecular flexibility index (Phi) is 7.53. The van der Waals surface area contributed by atoms with Gasteiger partial charge in [-0.05, 0) is 60.9 Å². The minimum Gasteiger partial charge on any atom is -0.292 e. The summed E-state index contributed by atoms with van der Waals surface area (Å²) in [4.78, 5) is 1.40. The number of hydrogen-bond acceptors (Lipinski definition) is 1. The van der Waals surface area contributed by atoms with E-state index >= 15 is 0 Å². The fourth-order valence-electron chi connectivity index (χ4n) is 3.10. The molecule has 0 N–H and O–H groups in total. The molecule has 0 aliphatic carbocycles. The number of benzene rings is 2. The maximum Gasteiger partial charge on any atom is 0.416 e. The molecular weight excluding hydrogens is 456 g/mol. The third-order valence-corrected chi connectivity index (χ3v) is 4.68. The van der Waals surface area contributed by atoms with Crippen LogP contribution in [0.4, 0.5) is 43.9 Å². The monoisotopic (exact) mass is 475 g/mol. The smallest absolute Gasteiger partial charge is 0.292 e. The van der Waals surface area contributed by atoms with E-state index < -0.39 is 54.5 Å². The van der Waals surface area contributed by atoms with Crippen LogP contribution in [-0.4, -0.2) is 10.9 Å². The summed E-state index contributed by atoms with van der Waals surface area (Å²) in [6, 6.07) is 3.30. The number of rotatable bonds is 6. The number of hydrogen-bond donors (Lipinski definition) is 0. The summed E-state index contributed by atoms with van der Waals surface area (Å²) < 4.78 is 131. The average molecular weight is 475 g/mol. The van der Waals surface area contributed by atoms with Gasteiger partial charge in [-0.2, -0.15) is 39.5 Å². The van der Waals surface area contributed by atoms with Crippen molar-refractivity contribution in [2.45, 2.75) is 58.2 Å². The molecule has 0 aliphatic heterocycles. The molecule has 0 unspecified atom stereocenters. The molecule has 0 spiro atoms. The van der Waals surface area contributed by atoms with Gasteiger partial charge in [0.25, 0.3) is 0 Å².